The van der Waals surface area contributed by atoms with Gasteiger partial charge in [0.15, 0.2) is 11.5 Å². The van der Waals surface area contributed by atoms with Crippen molar-refractivity contribution in [3.63, 3.8) is 0 Å². The van der Waals surface area contributed by atoms with Crippen molar-refractivity contribution < 1.29 is 33.4 Å². The Hall–Kier alpha value is -4.44. The molecular weight excluding hydrogens is 493 g/mol. The Balaban J connectivity index is 1.35. The minimum absolute atomic E-state index is 0.0963. The molecule has 3 aromatic carbocycles. The number of nitrogens with zero attached hydrogens (tertiary/aromatic N) is 1. The van der Waals surface area contributed by atoms with Crippen LogP contribution in [0.25, 0.3) is 0 Å². The number of benzene rings is 3. The van der Waals surface area contributed by atoms with E-state index in [9.17, 15) is 23.9 Å². The van der Waals surface area contributed by atoms with Gasteiger partial charge in [-0.05, 0) is 54.4 Å². The van der Waals surface area contributed by atoms with Gasteiger partial charge >= 0.3 is 0 Å². The first-order valence-corrected chi connectivity index (χ1v) is 12.3. The number of ether oxygens (including phenoxy) is 2. The number of hydrogen-bond acceptors (Lipinski definition) is 7. The highest BCUT2D eigenvalue weighted by atomic mass is 19.1. The zero-order chi connectivity index (χ0) is 26.2. The van der Waals surface area contributed by atoms with Gasteiger partial charge in [-0.3, -0.25) is 19.7 Å². The zero-order valence-electron chi connectivity index (χ0n) is 19.9. The van der Waals surface area contributed by atoms with E-state index >= 15 is 0 Å². The number of phenolic OH excluding ortho intramolecular Hbond substituents is 1. The van der Waals surface area contributed by atoms with E-state index in [1.165, 1.54) is 30.3 Å². The summed E-state index contributed by atoms with van der Waals surface area (Å²) < 4.78 is 25.7. The van der Waals surface area contributed by atoms with E-state index in [1.807, 2.05) is 0 Å². The van der Waals surface area contributed by atoms with Crippen LogP contribution >= 0.6 is 0 Å². The molecule has 4 heterocycles. The lowest BCUT2D eigenvalue weighted by Crippen LogP contribution is -2.53. The summed E-state index contributed by atoms with van der Waals surface area (Å²) >= 11 is 0. The van der Waals surface area contributed by atoms with Crippen LogP contribution in [0.2, 0.25) is 0 Å². The van der Waals surface area contributed by atoms with E-state index in [4.69, 9.17) is 9.47 Å². The fourth-order valence-corrected chi connectivity index (χ4v) is 6.26. The van der Waals surface area contributed by atoms with Gasteiger partial charge in [-0.1, -0.05) is 12.1 Å². The SMILES string of the molecule is O=C1[C@H]2[C@@H](C(=O)N1c1ccc3c(c1)OCCO3)[C@@]1(N[C@@H]2Cc2ccc(O)cc2)C(=O)Nc2ccc(F)cc21. The second-order valence-electron chi connectivity index (χ2n) is 9.92. The van der Waals surface area contributed by atoms with Gasteiger partial charge in [-0.15, -0.1) is 0 Å². The van der Waals surface area contributed by atoms with E-state index in [1.54, 1.807) is 30.3 Å². The van der Waals surface area contributed by atoms with Gasteiger partial charge in [0.25, 0.3) is 0 Å². The number of fused-ring (bicyclic) bond motifs is 5. The topological polar surface area (TPSA) is 117 Å². The summed E-state index contributed by atoms with van der Waals surface area (Å²) in [5.41, 5.74) is 0.183. The largest absolute Gasteiger partial charge is 0.508 e. The molecule has 10 heteroatoms. The third-order valence-electron chi connectivity index (χ3n) is 7.85. The monoisotopic (exact) mass is 515 g/mol. The molecule has 7 rings (SSSR count). The van der Waals surface area contributed by atoms with Gasteiger partial charge in [0.05, 0.1) is 17.5 Å². The first kappa shape index (κ1) is 22.7. The van der Waals surface area contributed by atoms with Crippen LogP contribution in [0.1, 0.15) is 11.1 Å². The maximum atomic E-state index is 14.4. The van der Waals surface area contributed by atoms with E-state index < -0.39 is 47.0 Å². The molecule has 38 heavy (non-hydrogen) atoms. The predicted octanol–water partition coefficient (Wildman–Crippen LogP) is 2.47. The number of anilines is 2. The van der Waals surface area contributed by atoms with E-state index in [0.29, 0.717) is 48.1 Å². The Labute approximate surface area is 216 Å². The average molecular weight is 515 g/mol. The number of hydrogen-bond donors (Lipinski definition) is 3. The molecule has 0 unspecified atom stereocenters. The molecule has 9 nitrogen and oxygen atoms in total. The van der Waals surface area contributed by atoms with Crippen molar-refractivity contribution in [1.29, 1.82) is 0 Å². The van der Waals surface area contributed by atoms with Gasteiger partial charge < -0.3 is 19.9 Å². The number of aromatic hydroxyl groups is 1. The summed E-state index contributed by atoms with van der Waals surface area (Å²) in [7, 11) is 0. The molecule has 0 bridgehead atoms. The Morgan fingerprint density at radius 1 is 0.947 bits per heavy atom. The fourth-order valence-electron chi connectivity index (χ4n) is 6.26. The van der Waals surface area contributed by atoms with Crippen LogP contribution in [-0.2, 0) is 26.3 Å². The molecule has 2 fully saturated rings. The van der Waals surface area contributed by atoms with E-state index in [0.717, 1.165) is 10.5 Å². The molecular formula is C28H22FN3O6. The number of rotatable bonds is 3. The van der Waals surface area contributed by atoms with Crippen molar-refractivity contribution in [3.05, 3.63) is 77.6 Å². The van der Waals surface area contributed by atoms with Gasteiger partial charge in [0.2, 0.25) is 17.7 Å². The number of imide groups is 1. The minimum atomic E-state index is -1.63. The number of carbonyl (C=O) groups is 3. The number of amides is 3. The summed E-state index contributed by atoms with van der Waals surface area (Å²) in [5.74, 6) is -3.04. The molecule has 0 saturated carbocycles. The summed E-state index contributed by atoms with van der Waals surface area (Å²) in [6.45, 7) is 0.740. The molecule has 4 aliphatic heterocycles. The minimum Gasteiger partial charge on any atom is -0.508 e. The highest BCUT2D eigenvalue weighted by molar-refractivity contribution is 6.26. The van der Waals surface area contributed by atoms with E-state index in [2.05, 4.69) is 10.6 Å². The van der Waals surface area contributed by atoms with Crippen LogP contribution in [0.5, 0.6) is 17.2 Å². The normalized spacial score (nSPS) is 27.0. The summed E-state index contributed by atoms with van der Waals surface area (Å²) in [6.07, 6.45) is 0.301. The van der Waals surface area contributed by atoms with Crippen molar-refractivity contribution in [2.45, 2.75) is 18.0 Å². The predicted molar refractivity (Wildman–Crippen MR) is 132 cm³/mol. The molecule has 4 aliphatic rings. The number of nitrogens with one attached hydrogen (secondary N) is 2. The van der Waals surface area contributed by atoms with Crippen LogP contribution in [0, 0.1) is 17.7 Å². The van der Waals surface area contributed by atoms with E-state index in [-0.39, 0.29) is 5.75 Å². The van der Waals surface area contributed by atoms with Crippen LogP contribution in [0.3, 0.4) is 0 Å². The van der Waals surface area contributed by atoms with Gasteiger partial charge in [0, 0.05) is 23.4 Å². The van der Waals surface area contributed by atoms with Crippen LogP contribution in [0.15, 0.2) is 60.7 Å². The Kier molecular flexibility index (Phi) is 4.80. The van der Waals surface area contributed by atoms with Crippen molar-refractivity contribution in [2.75, 3.05) is 23.4 Å². The Morgan fingerprint density at radius 2 is 1.71 bits per heavy atom. The number of carbonyl (C=O) groups excluding carboxylic acids is 3. The maximum Gasteiger partial charge on any atom is 0.250 e. The van der Waals surface area contributed by atoms with Crippen LogP contribution in [-0.4, -0.2) is 42.1 Å². The first-order chi connectivity index (χ1) is 18.4. The van der Waals surface area contributed by atoms with Gasteiger partial charge in [-0.2, -0.15) is 0 Å². The molecule has 0 aromatic heterocycles. The Bertz CT molecular complexity index is 1530. The summed E-state index contributed by atoms with van der Waals surface area (Å²) in [4.78, 5) is 42.8. The molecule has 0 radical (unpaired) electrons. The molecule has 2 saturated heterocycles. The molecule has 3 aromatic rings. The summed E-state index contributed by atoms with van der Waals surface area (Å²) in [5, 5.41) is 15.8. The first-order valence-electron chi connectivity index (χ1n) is 12.3. The third kappa shape index (κ3) is 3.10. The lowest BCUT2D eigenvalue weighted by Gasteiger charge is -2.30. The highest BCUT2D eigenvalue weighted by Gasteiger charge is 2.70. The van der Waals surface area contributed by atoms with Crippen molar-refractivity contribution in [1.82, 2.24) is 5.32 Å². The fraction of sp³-hybridized carbons (Fsp3) is 0.250. The maximum absolute atomic E-state index is 14.4. The average Bonchev–Trinajstić information content (AvgIpc) is 3.49. The second kappa shape index (κ2) is 8.03. The molecule has 1 spiro atoms. The highest BCUT2D eigenvalue weighted by Crippen LogP contribution is 2.54. The lowest BCUT2D eigenvalue weighted by atomic mass is 9.76. The second-order valence-corrected chi connectivity index (χ2v) is 9.92. The zero-order valence-corrected chi connectivity index (χ0v) is 19.9. The van der Waals surface area contributed by atoms with Gasteiger partial charge in [-0.25, -0.2) is 9.29 Å². The van der Waals surface area contributed by atoms with Crippen molar-refractivity contribution in [3.8, 4) is 17.2 Å². The number of halogens is 1. The molecule has 192 valence electrons. The molecule has 3 N–H and O–H groups in total. The quantitative estimate of drug-likeness (QED) is 0.459. The molecule has 4 atom stereocenters. The third-order valence-corrected chi connectivity index (χ3v) is 7.85. The van der Waals surface area contributed by atoms with Gasteiger partial charge in [0.1, 0.15) is 30.3 Å². The lowest BCUT2D eigenvalue weighted by molar-refractivity contribution is -0.130. The van der Waals surface area contributed by atoms with Crippen LogP contribution in [0.4, 0.5) is 15.8 Å². The Morgan fingerprint density at radius 3 is 2.50 bits per heavy atom. The molecule has 3 amide bonds. The summed E-state index contributed by atoms with van der Waals surface area (Å²) in [6, 6.07) is 14.7. The van der Waals surface area contributed by atoms with Crippen LogP contribution < -0.4 is 25.0 Å². The smallest absolute Gasteiger partial charge is 0.250 e. The number of phenols is 1. The molecule has 0 aliphatic carbocycles. The van der Waals surface area contributed by atoms with Crippen molar-refractivity contribution in [2.24, 2.45) is 11.8 Å². The standard InChI is InChI=1S/C28H22FN3O6/c29-15-3-7-19-18(12-15)28(27(36)30-19)24-23(20(31-28)11-14-1-5-17(33)6-2-14)25(34)32(26(24)35)16-4-8-21-22(13-16)38-10-9-37-21/h1-8,12-13,20,23-24,31,33H,9-11H2,(H,30,36)/t20-,23-,24+,28-/m1/s1. The van der Waals surface area contributed by atoms with Crippen molar-refractivity contribution >= 4 is 29.1 Å².